The van der Waals surface area contributed by atoms with Crippen LogP contribution in [0.3, 0.4) is 0 Å². The van der Waals surface area contributed by atoms with E-state index in [0.717, 1.165) is 35.6 Å². The number of ether oxygens (including phenoxy) is 1. The van der Waals surface area contributed by atoms with Crippen LogP contribution in [0.1, 0.15) is 5.56 Å². The number of nitrogens with zero attached hydrogens (tertiary/aromatic N) is 3. The van der Waals surface area contributed by atoms with E-state index in [9.17, 15) is 4.79 Å². The Morgan fingerprint density at radius 3 is 2.79 bits per heavy atom. The number of rotatable bonds is 6. The van der Waals surface area contributed by atoms with Crippen molar-refractivity contribution in [2.75, 3.05) is 42.3 Å². The van der Waals surface area contributed by atoms with Crippen molar-refractivity contribution < 1.29 is 13.9 Å². The number of carbonyl (C=O) groups excluding carboxylic acids is 1. The van der Waals surface area contributed by atoms with Crippen molar-refractivity contribution in [3.63, 3.8) is 0 Å². The zero-order valence-corrected chi connectivity index (χ0v) is 16.9. The predicted molar refractivity (Wildman–Crippen MR) is 113 cm³/mol. The van der Waals surface area contributed by atoms with E-state index in [1.165, 1.54) is 11.8 Å². The molecule has 4 rings (SSSR count). The van der Waals surface area contributed by atoms with Crippen LogP contribution in [-0.4, -0.2) is 48.2 Å². The highest BCUT2D eigenvalue weighted by Gasteiger charge is 2.16. The van der Waals surface area contributed by atoms with Crippen molar-refractivity contribution in [1.29, 1.82) is 0 Å². The predicted octanol–water partition coefficient (Wildman–Crippen LogP) is 3.61. The first-order valence-corrected chi connectivity index (χ1v) is 10.4. The van der Waals surface area contributed by atoms with Gasteiger partial charge in [-0.15, -0.1) is 10.2 Å². The normalized spacial score (nSPS) is 14.0. The maximum atomic E-state index is 12.5. The molecule has 0 unspecified atom stereocenters. The highest BCUT2D eigenvalue weighted by atomic mass is 32.2. The van der Waals surface area contributed by atoms with Gasteiger partial charge in [-0.25, -0.2) is 0 Å². The van der Waals surface area contributed by atoms with Crippen molar-refractivity contribution >= 4 is 29.0 Å². The number of hydrogen-bond donors (Lipinski definition) is 1. The molecule has 1 amide bonds. The van der Waals surface area contributed by atoms with Crippen LogP contribution in [0.4, 0.5) is 11.4 Å². The molecule has 1 N–H and O–H groups in total. The molecule has 150 valence electrons. The van der Waals surface area contributed by atoms with Crippen molar-refractivity contribution in [2.45, 2.75) is 12.1 Å². The number of amides is 1. The lowest BCUT2D eigenvalue weighted by Gasteiger charge is -2.30. The fourth-order valence-electron chi connectivity index (χ4n) is 3.14. The molecule has 3 aromatic rings. The quantitative estimate of drug-likeness (QED) is 0.622. The van der Waals surface area contributed by atoms with E-state index < -0.39 is 0 Å². The van der Waals surface area contributed by atoms with Gasteiger partial charge < -0.3 is 19.4 Å². The van der Waals surface area contributed by atoms with E-state index in [1.54, 1.807) is 0 Å². The number of carbonyl (C=O) groups is 1. The second-order valence-corrected chi connectivity index (χ2v) is 7.62. The summed E-state index contributed by atoms with van der Waals surface area (Å²) < 4.78 is 11.1. The summed E-state index contributed by atoms with van der Waals surface area (Å²) in [5.41, 5.74) is 3.79. The highest BCUT2D eigenvalue weighted by Crippen LogP contribution is 2.27. The van der Waals surface area contributed by atoms with Crippen LogP contribution in [0, 0.1) is 6.92 Å². The Hall–Kier alpha value is -2.84. The molecule has 1 aromatic heterocycles. The van der Waals surface area contributed by atoms with Gasteiger partial charge in [0.25, 0.3) is 5.22 Å². The molecule has 0 aliphatic carbocycles. The van der Waals surface area contributed by atoms with Crippen LogP contribution in [0.25, 0.3) is 11.5 Å². The lowest BCUT2D eigenvalue weighted by molar-refractivity contribution is -0.113. The average molecular weight is 410 g/mol. The van der Waals surface area contributed by atoms with Gasteiger partial charge in [0.05, 0.1) is 30.3 Å². The molecule has 1 aliphatic heterocycles. The van der Waals surface area contributed by atoms with E-state index in [2.05, 4.69) is 20.4 Å². The summed E-state index contributed by atoms with van der Waals surface area (Å²) in [6.07, 6.45) is 0. The Labute approximate surface area is 173 Å². The minimum atomic E-state index is -0.119. The van der Waals surface area contributed by atoms with Crippen LogP contribution in [-0.2, 0) is 9.53 Å². The largest absolute Gasteiger partial charge is 0.411 e. The van der Waals surface area contributed by atoms with Gasteiger partial charge in [0.15, 0.2) is 0 Å². The second kappa shape index (κ2) is 9.11. The molecule has 7 nitrogen and oxygen atoms in total. The van der Waals surface area contributed by atoms with Crippen molar-refractivity contribution in [1.82, 2.24) is 10.2 Å². The molecule has 0 bridgehead atoms. The third-order valence-electron chi connectivity index (χ3n) is 4.53. The van der Waals surface area contributed by atoms with Gasteiger partial charge in [-0.3, -0.25) is 4.79 Å². The molecule has 1 saturated heterocycles. The van der Waals surface area contributed by atoms with Crippen LogP contribution in [0.2, 0.25) is 0 Å². The summed E-state index contributed by atoms with van der Waals surface area (Å²) >= 11 is 1.22. The number of aryl methyl sites for hydroxylation is 1. The zero-order valence-electron chi connectivity index (χ0n) is 16.1. The first kappa shape index (κ1) is 19.5. The van der Waals surface area contributed by atoms with Gasteiger partial charge in [0, 0.05) is 18.7 Å². The Bertz CT molecular complexity index is 985. The third kappa shape index (κ3) is 4.96. The van der Waals surface area contributed by atoms with Gasteiger partial charge in [0.2, 0.25) is 11.8 Å². The Balaban J connectivity index is 1.36. The number of morpholine rings is 1. The lowest BCUT2D eigenvalue weighted by atomic mass is 10.1. The van der Waals surface area contributed by atoms with E-state index in [0.29, 0.717) is 24.3 Å². The summed E-state index contributed by atoms with van der Waals surface area (Å²) in [7, 11) is 0. The van der Waals surface area contributed by atoms with Crippen LogP contribution >= 0.6 is 11.8 Å². The van der Waals surface area contributed by atoms with E-state index >= 15 is 0 Å². The van der Waals surface area contributed by atoms with Gasteiger partial charge in [0.1, 0.15) is 0 Å². The Morgan fingerprint density at radius 1 is 1.14 bits per heavy atom. The third-order valence-corrected chi connectivity index (χ3v) is 5.35. The Morgan fingerprint density at radius 2 is 1.97 bits per heavy atom. The first-order valence-electron chi connectivity index (χ1n) is 9.44. The molecule has 8 heteroatoms. The number of thioether (sulfide) groups is 1. The minimum Gasteiger partial charge on any atom is -0.411 e. The molecule has 2 heterocycles. The molecule has 0 spiro atoms. The molecular formula is C21H22N4O3S. The fourth-order valence-corrected chi connectivity index (χ4v) is 3.70. The maximum absolute atomic E-state index is 12.5. The zero-order chi connectivity index (χ0) is 20.1. The van der Waals surface area contributed by atoms with E-state index in [-0.39, 0.29) is 11.7 Å². The number of hydrogen-bond acceptors (Lipinski definition) is 7. The SMILES string of the molecule is Cc1cccc(-c2nnc(SCC(=O)Nc3ccccc3N3CCOCC3)o2)c1. The van der Waals surface area contributed by atoms with Crippen LogP contribution < -0.4 is 10.2 Å². The number of nitrogens with one attached hydrogen (secondary N) is 1. The molecule has 1 fully saturated rings. The Kier molecular flexibility index (Phi) is 6.12. The second-order valence-electron chi connectivity index (χ2n) is 6.70. The summed E-state index contributed by atoms with van der Waals surface area (Å²) in [4.78, 5) is 14.7. The van der Waals surface area contributed by atoms with Crippen molar-refractivity contribution in [3.8, 4) is 11.5 Å². The van der Waals surface area contributed by atoms with E-state index in [4.69, 9.17) is 9.15 Å². The monoisotopic (exact) mass is 410 g/mol. The number of aromatic nitrogens is 2. The number of anilines is 2. The molecule has 0 atom stereocenters. The first-order chi connectivity index (χ1) is 14.2. The summed E-state index contributed by atoms with van der Waals surface area (Å²) in [5.74, 6) is 0.521. The lowest BCUT2D eigenvalue weighted by Crippen LogP contribution is -2.36. The van der Waals surface area contributed by atoms with Crippen LogP contribution in [0.15, 0.2) is 58.2 Å². The smallest absolute Gasteiger partial charge is 0.277 e. The van der Waals surface area contributed by atoms with Gasteiger partial charge in [-0.2, -0.15) is 0 Å². The summed E-state index contributed by atoms with van der Waals surface area (Å²) in [6, 6.07) is 15.7. The highest BCUT2D eigenvalue weighted by molar-refractivity contribution is 7.99. The average Bonchev–Trinajstić information content (AvgIpc) is 3.23. The van der Waals surface area contributed by atoms with E-state index in [1.807, 2.05) is 55.5 Å². The number of benzene rings is 2. The minimum absolute atomic E-state index is 0.119. The summed E-state index contributed by atoms with van der Waals surface area (Å²) in [6.45, 7) is 5.02. The topological polar surface area (TPSA) is 80.5 Å². The number of para-hydroxylation sites is 2. The molecule has 0 saturated carbocycles. The van der Waals surface area contributed by atoms with Crippen molar-refractivity contribution in [2.24, 2.45) is 0 Å². The van der Waals surface area contributed by atoms with Crippen LogP contribution in [0.5, 0.6) is 0 Å². The molecule has 0 radical (unpaired) electrons. The molecule has 2 aromatic carbocycles. The maximum Gasteiger partial charge on any atom is 0.277 e. The molecule has 29 heavy (non-hydrogen) atoms. The molecular weight excluding hydrogens is 388 g/mol. The summed E-state index contributed by atoms with van der Waals surface area (Å²) in [5, 5.41) is 11.5. The van der Waals surface area contributed by atoms with Gasteiger partial charge in [-0.05, 0) is 31.2 Å². The standard InChI is InChI=1S/C21H22N4O3S/c1-15-5-4-6-16(13-15)20-23-24-21(28-20)29-14-19(26)22-17-7-2-3-8-18(17)25-9-11-27-12-10-25/h2-8,13H,9-12,14H2,1H3,(H,22,26). The van der Waals surface area contributed by atoms with Gasteiger partial charge >= 0.3 is 0 Å². The van der Waals surface area contributed by atoms with Crippen molar-refractivity contribution in [3.05, 3.63) is 54.1 Å². The molecule has 1 aliphatic rings. The fraction of sp³-hybridized carbons (Fsp3) is 0.286. The van der Waals surface area contributed by atoms with Gasteiger partial charge in [-0.1, -0.05) is 41.6 Å².